The fraction of sp³-hybridized carbons (Fsp3) is 0.318. The monoisotopic (exact) mass is 429 g/mol. The predicted octanol–water partition coefficient (Wildman–Crippen LogP) is 4.55. The summed E-state index contributed by atoms with van der Waals surface area (Å²) in [6.45, 7) is 3.61. The van der Waals surface area contributed by atoms with Crippen LogP contribution >= 0.6 is 0 Å². The first-order valence-corrected chi connectivity index (χ1v) is 11.4. The van der Waals surface area contributed by atoms with Gasteiger partial charge in [0.2, 0.25) is 0 Å². The summed E-state index contributed by atoms with van der Waals surface area (Å²) in [4.78, 5) is 14.1. The third-order valence-electron chi connectivity index (χ3n) is 5.70. The van der Waals surface area contributed by atoms with Crippen molar-refractivity contribution >= 4 is 26.7 Å². The molecular weight excluding hydrogens is 406 g/mol. The molecule has 30 heavy (non-hydrogen) atoms. The number of benzene rings is 2. The standard InChI is InChI=1S/C22H23NO6S/c1-12-8-17-16(10-18(23-17)22(25)26)13(2)21(12)29-19-7-6-15(24)9-20(19)30(27,28)11-14-4-3-5-14/h6-10,14,23-24H,3-5,11H2,1-2H3,(H,25,26). The lowest BCUT2D eigenvalue weighted by atomic mass is 9.87. The lowest BCUT2D eigenvalue weighted by Gasteiger charge is -2.25. The highest BCUT2D eigenvalue weighted by molar-refractivity contribution is 7.91. The third kappa shape index (κ3) is 3.63. The summed E-state index contributed by atoms with van der Waals surface area (Å²) in [5.41, 5.74) is 2.16. The van der Waals surface area contributed by atoms with Crippen LogP contribution in [0.15, 0.2) is 35.2 Å². The smallest absolute Gasteiger partial charge is 0.352 e. The van der Waals surface area contributed by atoms with E-state index in [1.165, 1.54) is 24.3 Å². The van der Waals surface area contributed by atoms with E-state index in [0.717, 1.165) is 24.8 Å². The number of fused-ring (bicyclic) bond motifs is 1. The molecule has 0 amide bonds. The third-order valence-corrected chi connectivity index (χ3v) is 7.60. The first-order chi connectivity index (χ1) is 14.2. The Morgan fingerprint density at radius 2 is 1.93 bits per heavy atom. The summed E-state index contributed by atoms with van der Waals surface area (Å²) in [5.74, 6) is -0.428. The van der Waals surface area contributed by atoms with Gasteiger partial charge in [-0.1, -0.05) is 6.42 Å². The first-order valence-electron chi connectivity index (χ1n) is 9.75. The van der Waals surface area contributed by atoms with E-state index in [2.05, 4.69) is 4.98 Å². The summed E-state index contributed by atoms with van der Waals surface area (Å²) >= 11 is 0. The van der Waals surface area contributed by atoms with E-state index in [1.807, 2.05) is 6.92 Å². The fourth-order valence-corrected chi connectivity index (χ4v) is 5.71. The van der Waals surface area contributed by atoms with Crippen molar-refractivity contribution in [3.8, 4) is 17.2 Å². The molecule has 0 atom stereocenters. The summed E-state index contributed by atoms with van der Waals surface area (Å²) in [6.07, 6.45) is 2.82. The summed E-state index contributed by atoms with van der Waals surface area (Å²) in [5, 5.41) is 19.8. The minimum Gasteiger partial charge on any atom is -0.508 e. The molecule has 158 valence electrons. The Morgan fingerprint density at radius 3 is 2.57 bits per heavy atom. The van der Waals surface area contributed by atoms with Crippen LogP contribution in [0.4, 0.5) is 0 Å². The summed E-state index contributed by atoms with van der Waals surface area (Å²) < 4.78 is 32.1. The number of aromatic carboxylic acids is 1. The highest BCUT2D eigenvalue weighted by Crippen LogP contribution is 2.39. The van der Waals surface area contributed by atoms with Crippen LogP contribution in [-0.4, -0.2) is 35.3 Å². The van der Waals surface area contributed by atoms with Gasteiger partial charge in [0.05, 0.1) is 5.75 Å². The predicted molar refractivity (Wildman–Crippen MR) is 112 cm³/mol. The van der Waals surface area contributed by atoms with Crippen LogP contribution in [0.1, 0.15) is 40.9 Å². The van der Waals surface area contributed by atoms with Gasteiger partial charge in [-0.05, 0) is 62.4 Å². The molecule has 0 bridgehead atoms. The molecule has 2 aromatic carbocycles. The molecule has 0 saturated heterocycles. The van der Waals surface area contributed by atoms with E-state index in [4.69, 9.17) is 4.74 Å². The van der Waals surface area contributed by atoms with Crippen molar-refractivity contribution in [3.63, 3.8) is 0 Å². The Bertz CT molecular complexity index is 1250. The molecule has 0 unspecified atom stereocenters. The van der Waals surface area contributed by atoms with Crippen molar-refractivity contribution in [3.05, 3.63) is 47.2 Å². The van der Waals surface area contributed by atoms with Gasteiger partial charge in [-0.2, -0.15) is 0 Å². The zero-order chi connectivity index (χ0) is 21.6. The van der Waals surface area contributed by atoms with Crippen molar-refractivity contribution < 1.29 is 28.2 Å². The average Bonchev–Trinajstić information content (AvgIpc) is 3.07. The van der Waals surface area contributed by atoms with Gasteiger partial charge in [0, 0.05) is 22.5 Å². The molecule has 0 aliphatic heterocycles. The molecule has 1 heterocycles. The Kier molecular flexibility index (Phi) is 4.97. The van der Waals surface area contributed by atoms with Crippen LogP contribution in [0.5, 0.6) is 17.2 Å². The number of hydrogen-bond acceptors (Lipinski definition) is 5. The normalized spacial score (nSPS) is 14.6. The van der Waals surface area contributed by atoms with Crippen LogP contribution in [0, 0.1) is 19.8 Å². The molecule has 1 aliphatic carbocycles. The maximum absolute atomic E-state index is 13.0. The van der Waals surface area contributed by atoms with Crippen LogP contribution in [0.3, 0.4) is 0 Å². The highest BCUT2D eigenvalue weighted by Gasteiger charge is 2.29. The van der Waals surface area contributed by atoms with Gasteiger partial charge in [0.25, 0.3) is 0 Å². The van der Waals surface area contributed by atoms with Crippen molar-refractivity contribution in [2.75, 3.05) is 5.75 Å². The number of aromatic nitrogens is 1. The van der Waals surface area contributed by atoms with Gasteiger partial charge in [-0.25, -0.2) is 13.2 Å². The molecule has 4 rings (SSSR count). The van der Waals surface area contributed by atoms with Crippen LogP contribution in [-0.2, 0) is 9.84 Å². The number of phenolic OH excluding ortho intramolecular Hbond substituents is 1. The number of aromatic amines is 1. The van der Waals surface area contributed by atoms with Gasteiger partial charge >= 0.3 is 5.97 Å². The van der Waals surface area contributed by atoms with Gasteiger partial charge in [-0.15, -0.1) is 0 Å². The van der Waals surface area contributed by atoms with E-state index in [0.29, 0.717) is 22.2 Å². The molecule has 1 fully saturated rings. The molecule has 1 aromatic heterocycles. The van der Waals surface area contributed by atoms with Gasteiger partial charge in [0.1, 0.15) is 27.8 Å². The van der Waals surface area contributed by atoms with E-state index in [1.54, 1.807) is 13.0 Å². The number of rotatable bonds is 6. The van der Waals surface area contributed by atoms with Gasteiger partial charge in [0.15, 0.2) is 9.84 Å². The largest absolute Gasteiger partial charge is 0.508 e. The molecule has 1 saturated carbocycles. The van der Waals surface area contributed by atoms with Crippen LogP contribution in [0.25, 0.3) is 10.9 Å². The first kappa shape index (κ1) is 20.3. The number of aromatic hydroxyl groups is 1. The Balaban J connectivity index is 1.77. The number of H-pyrrole nitrogens is 1. The van der Waals surface area contributed by atoms with E-state index in [9.17, 15) is 23.4 Å². The van der Waals surface area contributed by atoms with E-state index in [-0.39, 0.29) is 33.8 Å². The number of carboxylic acid groups (broad SMARTS) is 1. The second kappa shape index (κ2) is 7.36. The molecule has 7 nitrogen and oxygen atoms in total. The average molecular weight is 429 g/mol. The lowest BCUT2D eigenvalue weighted by molar-refractivity contribution is 0.0691. The number of hydrogen-bond donors (Lipinski definition) is 3. The quantitative estimate of drug-likeness (QED) is 0.529. The minimum atomic E-state index is -3.64. The van der Waals surface area contributed by atoms with Crippen LogP contribution < -0.4 is 4.74 Å². The van der Waals surface area contributed by atoms with Gasteiger partial charge in [-0.3, -0.25) is 0 Å². The highest BCUT2D eigenvalue weighted by atomic mass is 32.2. The molecule has 3 aromatic rings. The number of carbonyl (C=O) groups is 1. The second-order valence-electron chi connectivity index (χ2n) is 7.91. The Hall–Kier alpha value is -3.00. The number of phenols is 1. The molecule has 0 radical (unpaired) electrons. The number of sulfone groups is 1. The molecular formula is C22H23NO6S. The maximum Gasteiger partial charge on any atom is 0.352 e. The molecule has 8 heteroatoms. The Morgan fingerprint density at radius 1 is 1.20 bits per heavy atom. The van der Waals surface area contributed by atoms with E-state index >= 15 is 0 Å². The van der Waals surface area contributed by atoms with Crippen molar-refractivity contribution in [2.24, 2.45) is 5.92 Å². The van der Waals surface area contributed by atoms with Crippen molar-refractivity contribution in [2.45, 2.75) is 38.0 Å². The zero-order valence-electron chi connectivity index (χ0n) is 16.7. The van der Waals surface area contributed by atoms with Gasteiger partial charge < -0.3 is 19.9 Å². The van der Waals surface area contributed by atoms with E-state index < -0.39 is 15.8 Å². The number of nitrogens with one attached hydrogen (secondary N) is 1. The summed E-state index contributed by atoms with van der Waals surface area (Å²) in [6, 6.07) is 7.37. The number of aryl methyl sites for hydroxylation is 2. The molecule has 1 aliphatic rings. The second-order valence-corrected chi connectivity index (χ2v) is 9.91. The SMILES string of the molecule is Cc1cc2[nH]c(C(=O)O)cc2c(C)c1Oc1ccc(O)cc1S(=O)(=O)CC1CCC1. The zero-order valence-corrected chi connectivity index (χ0v) is 17.5. The summed E-state index contributed by atoms with van der Waals surface area (Å²) in [7, 11) is -3.64. The molecule has 0 spiro atoms. The van der Waals surface area contributed by atoms with Crippen LogP contribution in [0.2, 0.25) is 0 Å². The molecule has 3 N–H and O–H groups in total. The Labute approximate surface area is 174 Å². The number of ether oxygens (including phenoxy) is 1. The number of carboxylic acids is 1. The maximum atomic E-state index is 13.0. The lowest BCUT2D eigenvalue weighted by Crippen LogP contribution is -2.22. The van der Waals surface area contributed by atoms with Crippen molar-refractivity contribution in [1.29, 1.82) is 0 Å². The minimum absolute atomic E-state index is 0.0313. The fourth-order valence-electron chi connectivity index (χ4n) is 3.86. The van der Waals surface area contributed by atoms with Crippen molar-refractivity contribution in [1.82, 2.24) is 4.98 Å². The topological polar surface area (TPSA) is 117 Å².